The lowest BCUT2D eigenvalue weighted by molar-refractivity contribution is -0.385. The van der Waals surface area contributed by atoms with Crippen molar-refractivity contribution in [2.45, 2.75) is 24.3 Å². The molecule has 0 radical (unpaired) electrons. The Morgan fingerprint density at radius 3 is 2.62 bits per heavy atom. The van der Waals surface area contributed by atoms with Crippen LogP contribution in [0.5, 0.6) is 11.5 Å². The highest BCUT2D eigenvalue weighted by Gasteiger charge is 2.29. The van der Waals surface area contributed by atoms with Crippen LogP contribution in [0.25, 0.3) is 0 Å². The summed E-state index contributed by atoms with van der Waals surface area (Å²) in [5, 5.41) is 11.1. The summed E-state index contributed by atoms with van der Waals surface area (Å²) in [5.41, 5.74) is 1.15. The number of ether oxygens (including phenoxy) is 2. The monoisotopic (exact) mass is 421 g/mol. The molecular formula is C19H23N3O6S. The van der Waals surface area contributed by atoms with Gasteiger partial charge in [-0.1, -0.05) is 6.07 Å². The number of likely N-dealkylation sites (N-methyl/N-ethyl adjacent to an activating group) is 1. The van der Waals surface area contributed by atoms with Gasteiger partial charge in [-0.25, -0.2) is 8.42 Å². The summed E-state index contributed by atoms with van der Waals surface area (Å²) >= 11 is 0. The maximum absolute atomic E-state index is 13.0. The number of benzene rings is 2. The van der Waals surface area contributed by atoms with Gasteiger partial charge in [-0.05, 0) is 45.1 Å². The molecule has 0 bridgehead atoms. The number of nitrogens with one attached hydrogen (secondary N) is 1. The molecule has 0 spiro atoms. The number of hydrogen-bond donors (Lipinski definition) is 1. The Morgan fingerprint density at radius 1 is 1.28 bits per heavy atom. The smallest absolute Gasteiger partial charge is 0.270 e. The van der Waals surface area contributed by atoms with Crippen molar-refractivity contribution in [2.75, 3.05) is 32.5 Å². The van der Waals surface area contributed by atoms with Gasteiger partial charge in [0.05, 0.1) is 22.6 Å². The number of methoxy groups -OCH3 is 1. The fourth-order valence-corrected chi connectivity index (χ4v) is 4.56. The first-order chi connectivity index (χ1) is 13.6. The zero-order chi connectivity index (χ0) is 21.3. The third-order valence-corrected chi connectivity index (χ3v) is 6.45. The van der Waals surface area contributed by atoms with E-state index < -0.39 is 14.9 Å². The highest BCUT2D eigenvalue weighted by Crippen LogP contribution is 2.41. The Labute approximate surface area is 169 Å². The Kier molecular flexibility index (Phi) is 5.67. The van der Waals surface area contributed by atoms with Gasteiger partial charge in [-0.2, -0.15) is 0 Å². The van der Waals surface area contributed by atoms with Gasteiger partial charge in [0.1, 0.15) is 18.1 Å². The summed E-state index contributed by atoms with van der Waals surface area (Å²) in [5.74, 6) is 1.02. The molecule has 10 heteroatoms. The third-order valence-electron chi connectivity index (χ3n) is 4.94. The third kappa shape index (κ3) is 4.13. The van der Waals surface area contributed by atoms with E-state index in [1.807, 2.05) is 19.0 Å². The number of anilines is 1. The Hall–Kier alpha value is -2.85. The minimum atomic E-state index is -4.07. The normalized spacial score (nSPS) is 16.1. The average molecular weight is 421 g/mol. The Bertz CT molecular complexity index is 1050. The molecule has 0 amide bonds. The van der Waals surface area contributed by atoms with Gasteiger partial charge in [0.2, 0.25) is 0 Å². The number of hydrogen-bond acceptors (Lipinski definition) is 7. The average Bonchev–Trinajstić information content (AvgIpc) is 2.67. The first-order valence-electron chi connectivity index (χ1n) is 8.91. The molecule has 1 aliphatic rings. The van der Waals surface area contributed by atoms with Crippen LogP contribution in [0.3, 0.4) is 0 Å². The largest absolute Gasteiger partial charge is 0.496 e. The lowest BCUT2D eigenvalue weighted by Crippen LogP contribution is -2.38. The minimum absolute atomic E-state index is 0.127. The number of nitrogens with zero attached hydrogens (tertiary/aromatic N) is 2. The molecule has 156 valence electrons. The summed E-state index contributed by atoms with van der Waals surface area (Å²) in [4.78, 5) is 12.3. The van der Waals surface area contributed by atoms with Gasteiger partial charge >= 0.3 is 0 Å². The SMILES string of the molecule is COc1ccc(NS(=O)(=O)c2cc([N+](=O)[O-])ccc2C)c2c1C[C@@H](N(C)C)CO2. The van der Waals surface area contributed by atoms with E-state index in [1.54, 1.807) is 26.2 Å². The van der Waals surface area contributed by atoms with Crippen LogP contribution in [-0.4, -0.2) is 52.1 Å². The van der Waals surface area contributed by atoms with Crippen molar-refractivity contribution < 1.29 is 22.8 Å². The van der Waals surface area contributed by atoms with Crippen LogP contribution in [0.2, 0.25) is 0 Å². The summed E-state index contributed by atoms with van der Waals surface area (Å²) in [6.45, 7) is 1.98. The van der Waals surface area contributed by atoms with Crippen LogP contribution in [0, 0.1) is 17.0 Å². The zero-order valence-corrected chi connectivity index (χ0v) is 17.4. The molecule has 3 rings (SSSR count). The molecule has 1 heterocycles. The predicted molar refractivity (Wildman–Crippen MR) is 108 cm³/mol. The molecule has 0 aliphatic carbocycles. The van der Waals surface area contributed by atoms with E-state index in [-0.39, 0.29) is 22.3 Å². The van der Waals surface area contributed by atoms with Crippen LogP contribution < -0.4 is 14.2 Å². The molecule has 0 saturated heterocycles. The topological polar surface area (TPSA) is 111 Å². The molecule has 0 aromatic heterocycles. The van der Waals surface area contributed by atoms with Crippen LogP contribution in [0.15, 0.2) is 35.2 Å². The number of sulfonamides is 1. The summed E-state index contributed by atoms with van der Waals surface area (Å²) in [6.07, 6.45) is 0.636. The molecular weight excluding hydrogens is 398 g/mol. The molecule has 1 aliphatic heterocycles. The predicted octanol–water partition coefficient (Wildman–Crippen LogP) is 2.58. The number of rotatable bonds is 6. The van der Waals surface area contributed by atoms with Gasteiger partial charge in [0.25, 0.3) is 15.7 Å². The second kappa shape index (κ2) is 7.88. The second-order valence-corrected chi connectivity index (χ2v) is 8.72. The molecule has 1 atom stereocenters. The number of non-ortho nitro benzene ring substituents is 1. The van der Waals surface area contributed by atoms with Crippen molar-refractivity contribution in [3.8, 4) is 11.5 Å². The van der Waals surface area contributed by atoms with Crippen LogP contribution in [0.4, 0.5) is 11.4 Å². The van der Waals surface area contributed by atoms with E-state index in [2.05, 4.69) is 4.72 Å². The van der Waals surface area contributed by atoms with Gasteiger partial charge in [0, 0.05) is 23.7 Å². The second-order valence-electron chi connectivity index (χ2n) is 7.07. The quantitative estimate of drug-likeness (QED) is 0.564. The highest BCUT2D eigenvalue weighted by molar-refractivity contribution is 7.92. The standard InChI is InChI=1S/C19H23N3O6S/c1-12-5-6-13(22(23)24)10-18(12)29(25,26)20-16-7-8-17(27-4)15-9-14(21(2)3)11-28-19(15)16/h5-8,10,14,20H,9,11H2,1-4H3/t14-/m1/s1. The van der Waals surface area contributed by atoms with E-state index in [1.165, 1.54) is 12.1 Å². The van der Waals surface area contributed by atoms with E-state index >= 15 is 0 Å². The first kappa shape index (κ1) is 20.9. The van der Waals surface area contributed by atoms with Gasteiger partial charge in [-0.3, -0.25) is 14.8 Å². The number of fused-ring (bicyclic) bond motifs is 1. The van der Waals surface area contributed by atoms with Gasteiger partial charge < -0.3 is 14.4 Å². The molecule has 0 unspecified atom stereocenters. The van der Waals surface area contributed by atoms with Crippen molar-refractivity contribution >= 4 is 21.4 Å². The van der Waals surface area contributed by atoms with Crippen molar-refractivity contribution in [3.63, 3.8) is 0 Å². The lowest BCUT2D eigenvalue weighted by atomic mass is 10.00. The van der Waals surface area contributed by atoms with Crippen LogP contribution in [0.1, 0.15) is 11.1 Å². The van der Waals surface area contributed by atoms with E-state index in [0.29, 0.717) is 30.1 Å². The van der Waals surface area contributed by atoms with E-state index in [0.717, 1.165) is 11.6 Å². The molecule has 0 saturated carbocycles. The fourth-order valence-electron chi connectivity index (χ4n) is 3.24. The van der Waals surface area contributed by atoms with E-state index in [9.17, 15) is 18.5 Å². The lowest BCUT2D eigenvalue weighted by Gasteiger charge is -2.32. The molecule has 2 aromatic carbocycles. The first-order valence-corrected chi connectivity index (χ1v) is 10.4. The molecule has 9 nitrogen and oxygen atoms in total. The Morgan fingerprint density at radius 2 is 2.00 bits per heavy atom. The van der Waals surface area contributed by atoms with E-state index in [4.69, 9.17) is 9.47 Å². The maximum Gasteiger partial charge on any atom is 0.270 e. The number of nitro groups is 1. The molecule has 1 N–H and O–H groups in total. The maximum atomic E-state index is 13.0. The summed E-state index contributed by atoms with van der Waals surface area (Å²) in [7, 11) is 1.37. The highest BCUT2D eigenvalue weighted by atomic mass is 32.2. The van der Waals surface area contributed by atoms with Crippen molar-refractivity contribution in [2.24, 2.45) is 0 Å². The van der Waals surface area contributed by atoms with Gasteiger partial charge in [0.15, 0.2) is 0 Å². The van der Waals surface area contributed by atoms with Crippen molar-refractivity contribution in [3.05, 3.63) is 51.6 Å². The number of nitro benzene ring substituents is 1. The fraction of sp³-hybridized carbons (Fsp3) is 0.368. The van der Waals surface area contributed by atoms with Crippen LogP contribution in [-0.2, 0) is 16.4 Å². The molecule has 2 aromatic rings. The zero-order valence-electron chi connectivity index (χ0n) is 16.6. The number of aryl methyl sites for hydroxylation is 1. The minimum Gasteiger partial charge on any atom is -0.496 e. The van der Waals surface area contributed by atoms with Crippen LogP contribution >= 0.6 is 0 Å². The Balaban J connectivity index is 2.02. The van der Waals surface area contributed by atoms with Gasteiger partial charge in [-0.15, -0.1) is 0 Å². The molecule has 29 heavy (non-hydrogen) atoms. The van der Waals surface area contributed by atoms with Crippen molar-refractivity contribution in [1.82, 2.24) is 4.90 Å². The summed E-state index contributed by atoms with van der Waals surface area (Å²) < 4.78 is 39.8. The summed E-state index contributed by atoms with van der Waals surface area (Å²) in [6, 6.07) is 7.11. The molecule has 0 fully saturated rings. The van der Waals surface area contributed by atoms with Crippen molar-refractivity contribution in [1.29, 1.82) is 0 Å².